The molecule has 0 unspecified atom stereocenters. The summed E-state index contributed by atoms with van der Waals surface area (Å²) < 4.78 is 8.64. The van der Waals surface area contributed by atoms with E-state index >= 15 is 0 Å². The summed E-state index contributed by atoms with van der Waals surface area (Å²) in [6.45, 7) is 0. The fourth-order valence-electron chi connectivity index (χ4n) is 10.2. The summed E-state index contributed by atoms with van der Waals surface area (Å²) in [5.74, 6) is 3.97. The van der Waals surface area contributed by atoms with Gasteiger partial charge < -0.3 is 9.55 Å². The minimum absolute atomic E-state index is 0.651. The van der Waals surface area contributed by atoms with Crippen molar-refractivity contribution in [3.05, 3.63) is 272 Å². The van der Waals surface area contributed by atoms with Gasteiger partial charge in [-0.05, 0) is 60.7 Å². The number of nitrogens with one attached hydrogen (secondary N) is 1. The molecule has 10 aromatic carbocycles. The lowest BCUT2D eigenvalue weighted by molar-refractivity contribution is 1.07. The van der Waals surface area contributed by atoms with E-state index in [-0.39, 0.29) is 0 Å². The van der Waals surface area contributed by atoms with Crippen LogP contribution in [0.5, 0.6) is 0 Å². The van der Waals surface area contributed by atoms with Gasteiger partial charge in [-0.1, -0.05) is 210 Å². The first-order valence-corrected chi connectivity index (χ1v) is 28.9. The molecular formula is C70H45BrN8S2. The second-order valence-corrected chi connectivity index (χ2v) is 22.3. The quantitative estimate of drug-likeness (QED) is 0.171. The molecule has 81 heavy (non-hydrogen) atoms. The maximum Gasteiger partial charge on any atom is 0.164 e. The van der Waals surface area contributed by atoms with Gasteiger partial charge in [0.15, 0.2) is 34.9 Å². The molecule has 0 atom stereocenters. The van der Waals surface area contributed by atoms with Gasteiger partial charge in [0.25, 0.3) is 0 Å². The van der Waals surface area contributed by atoms with Gasteiger partial charge in [0.05, 0.1) is 5.52 Å². The van der Waals surface area contributed by atoms with Crippen molar-refractivity contribution in [2.75, 3.05) is 0 Å². The lowest BCUT2D eigenvalue weighted by Crippen LogP contribution is -2.00. The van der Waals surface area contributed by atoms with Crippen molar-refractivity contribution in [2.24, 2.45) is 0 Å². The highest BCUT2D eigenvalue weighted by Gasteiger charge is 2.17. The molecule has 0 radical (unpaired) electrons. The molecule has 0 bridgehead atoms. The van der Waals surface area contributed by atoms with Crippen molar-refractivity contribution in [3.63, 3.8) is 0 Å². The van der Waals surface area contributed by atoms with E-state index in [1.807, 2.05) is 174 Å². The van der Waals surface area contributed by atoms with Gasteiger partial charge in [-0.2, -0.15) is 0 Å². The van der Waals surface area contributed by atoms with Crippen LogP contribution in [-0.4, -0.2) is 39.5 Å². The fourth-order valence-corrected chi connectivity index (χ4v) is 13.1. The summed E-state index contributed by atoms with van der Waals surface area (Å²) in [5, 5.41) is 7.96. The maximum absolute atomic E-state index is 4.92. The molecular weight excluding hydrogens is 1100 g/mol. The Balaban J connectivity index is 0.000000121. The van der Waals surface area contributed by atoms with E-state index in [1.165, 1.54) is 62.2 Å². The van der Waals surface area contributed by atoms with Crippen LogP contribution in [0.2, 0.25) is 0 Å². The van der Waals surface area contributed by atoms with Crippen LogP contribution in [-0.2, 0) is 0 Å². The minimum atomic E-state index is 0.651. The van der Waals surface area contributed by atoms with E-state index < -0.39 is 0 Å². The van der Waals surface area contributed by atoms with E-state index in [1.54, 1.807) is 0 Å². The number of hydrogen-bond donors (Lipinski definition) is 1. The van der Waals surface area contributed by atoms with Gasteiger partial charge in [0.2, 0.25) is 0 Å². The van der Waals surface area contributed by atoms with Gasteiger partial charge in [0, 0.05) is 113 Å². The normalized spacial score (nSPS) is 11.3. The van der Waals surface area contributed by atoms with E-state index in [0.29, 0.717) is 34.9 Å². The highest BCUT2D eigenvalue weighted by Crippen LogP contribution is 2.40. The molecule has 8 nitrogen and oxygen atoms in total. The number of fused-ring (bicyclic) bond motifs is 10. The molecule has 0 fully saturated rings. The Morgan fingerprint density at radius 2 is 0.741 bits per heavy atom. The number of aromatic amines is 1. The molecule has 6 aromatic heterocycles. The number of rotatable bonds is 7. The van der Waals surface area contributed by atoms with Crippen LogP contribution in [0, 0.1) is 0 Å². The predicted octanol–water partition coefficient (Wildman–Crippen LogP) is 19.4. The Kier molecular flexibility index (Phi) is 13.3. The van der Waals surface area contributed by atoms with Gasteiger partial charge in [-0.15, -0.1) is 22.7 Å². The first-order chi connectivity index (χ1) is 40.0. The van der Waals surface area contributed by atoms with Crippen molar-refractivity contribution in [1.29, 1.82) is 0 Å². The van der Waals surface area contributed by atoms with E-state index in [4.69, 9.17) is 24.9 Å². The zero-order valence-corrected chi connectivity index (χ0v) is 46.4. The van der Waals surface area contributed by atoms with Crippen LogP contribution >= 0.6 is 38.6 Å². The summed E-state index contributed by atoms with van der Waals surface area (Å²) in [7, 11) is 0. The molecule has 0 saturated heterocycles. The van der Waals surface area contributed by atoms with Crippen LogP contribution in [0.4, 0.5) is 0 Å². The Morgan fingerprint density at radius 1 is 0.321 bits per heavy atom. The molecule has 1 N–H and O–H groups in total. The third-order valence-electron chi connectivity index (χ3n) is 14.2. The minimum Gasteiger partial charge on any atom is -0.361 e. The van der Waals surface area contributed by atoms with Crippen molar-refractivity contribution in [2.45, 2.75) is 0 Å². The summed E-state index contributed by atoms with van der Waals surface area (Å²) in [4.78, 5) is 32.0. The third-order valence-corrected chi connectivity index (χ3v) is 17.1. The number of thiophene rings is 2. The number of benzene rings is 10. The highest BCUT2D eigenvalue weighted by molar-refractivity contribution is 9.10. The van der Waals surface area contributed by atoms with Crippen molar-refractivity contribution < 1.29 is 0 Å². The Hall–Kier alpha value is -9.78. The summed E-state index contributed by atoms with van der Waals surface area (Å²) in [6.07, 6.45) is 4.17. The smallest absolute Gasteiger partial charge is 0.164 e. The maximum atomic E-state index is 4.92. The summed E-state index contributed by atoms with van der Waals surface area (Å²) >= 11 is 7.25. The van der Waals surface area contributed by atoms with Crippen molar-refractivity contribution in [3.8, 4) is 74.0 Å². The molecule has 0 aliphatic heterocycles. The SMILES string of the molecule is Brc1cccc(-c2nc(-c3ccccc3)nc(-c3ccccc3)n2)c1.c1ccc(-c2nc(-c3ccccc3)nc(-c3cccc(-n4ccc5c6sc7ccccc7c6ccc54)c3)n2)cc1.c1ccc2c(c1)sc1c3cc[nH]c3ccc21. The summed E-state index contributed by atoms with van der Waals surface area (Å²) in [6, 6.07) is 87.0. The number of aromatic nitrogens is 8. The number of halogens is 1. The molecule has 0 aliphatic carbocycles. The van der Waals surface area contributed by atoms with Crippen LogP contribution < -0.4 is 0 Å². The number of H-pyrrole nitrogens is 1. The van der Waals surface area contributed by atoms with Crippen LogP contribution in [0.1, 0.15) is 0 Å². The Morgan fingerprint density at radius 3 is 1.25 bits per heavy atom. The molecule has 11 heteroatoms. The Labute approximate surface area is 482 Å². The van der Waals surface area contributed by atoms with Gasteiger partial charge in [-0.25, -0.2) is 29.9 Å². The standard InChI is InChI=1S/C35H22N4S.C21H14BrN3.C14H9NS/c1-3-10-23(11-4-1)33-36-34(24-12-5-2-6-13-24)38-35(37-33)25-14-9-15-26(22-25)39-21-20-29-30(39)19-18-28-27-16-7-8-17-31(27)40-32(28)29;22-18-13-7-12-17(14-18)21-24-19(15-8-3-1-4-9-15)23-20(25-21)16-10-5-2-6-11-16;1-2-4-13-9(3-1)10-5-6-12-11(7-8-15-12)14(10)16-13/h1-22H;1-14H;1-8,15H. The van der Waals surface area contributed by atoms with Crippen LogP contribution in [0.25, 0.3) is 136 Å². The molecule has 6 heterocycles. The van der Waals surface area contributed by atoms with Crippen molar-refractivity contribution >= 4 is 101 Å². The highest BCUT2D eigenvalue weighted by atomic mass is 79.9. The monoisotopic (exact) mass is 1140 g/mol. The number of hydrogen-bond acceptors (Lipinski definition) is 8. The fraction of sp³-hybridized carbons (Fsp3) is 0. The molecule has 384 valence electrons. The average molecular weight is 1140 g/mol. The molecule has 16 aromatic rings. The summed E-state index contributed by atoms with van der Waals surface area (Å²) in [5.41, 5.74) is 9.23. The molecule has 0 amide bonds. The van der Waals surface area contributed by atoms with E-state index in [2.05, 4.69) is 146 Å². The second-order valence-electron chi connectivity index (χ2n) is 19.3. The third kappa shape index (κ3) is 9.95. The lowest BCUT2D eigenvalue weighted by atomic mass is 10.1. The van der Waals surface area contributed by atoms with Gasteiger partial charge >= 0.3 is 0 Å². The van der Waals surface area contributed by atoms with E-state index in [9.17, 15) is 0 Å². The molecule has 0 saturated carbocycles. The van der Waals surface area contributed by atoms with Crippen LogP contribution in [0.3, 0.4) is 0 Å². The molecule has 16 rings (SSSR count). The average Bonchev–Trinajstić information content (AvgIpc) is 4.38. The molecule has 0 aliphatic rings. The zero-order chi connectivity index (χ0) is 54.1. The first-order valence-electron chi connectivity index (χ1n) is 26.4. The lowest BCUT2D eigenvalue weighted by Gasteiger charge is -2.10. The molecule has 0 spiro atoms. The second kappa shape index (κ2) is 21.8. The Bertz CT molecular complexity index is 4790. The number of nitrogens with zero attached hydrogens (tertiary/aromatic N) is 7. The van der Waals surface area contributed by atoms with Crippen molar-refractivity contribution in [1.82, 2.24) is 39.5 Å². The zero-order valence-electron chi connectivity index (χ0n) is 43.2. The predicted molar refractivity (Wildman–Crippen MR) is 341 cm³/mol. The van der Waals surface area contributed by atoms with Crippen LogP contribution in [0.15, 0.2) is 272 Å². The van der Waals surface area contributed by atoms with Gasteiger partial charge in [-0.3, -0.25) is 0 Å². The largest absolute Gasteiger partial charge is 0.361 e. The topological polar surface area (TPSA) is 98.1 Å². The first kappa shape index (κ1) is 49.5. The van der Waals surface area contributed by atoms with Gasteiger partial charge in [0.1, 0.15) is 0 Å². The van der Waals surface area contributed by atoms with E-state index in [0.717, 1.165) is 43.5 Å².